The molecule has 1 N–H and O–H groups in total. The fourth-order valence-corrected chi connectivity index (χ4v) is 5.63. The molecule has 0 bridgehead atoms. The van der Waals surface area contributed by atoms with E-state index in [2.05, 4.69) is 26.5 Å². The Morgan fingerprint density at radius 3 is 2.70 bits per heavy atom. The Morgan fingerprint density at radius 1 is 1.18 bits per heavy atom. The van der Waals surface area contributed by atoms with Crippen LogP contribution in [0.4, 0.5) is 0 Å². The van der Waals surface area contributed by atoms with E-state index < -0.39 is 0 Å². The van der Waals surface area contributed by atoms with E-state index in [1.54, 1.807) is 0 Å². The van der Waals surface area contributed by atoms with Crippen LogP contribution in [0.15, 0.2) is 12.1 Å². The molecule has 2 aromatic heterocycles. The minimum absolute atomic E-state index is 0.0781. The van der Waals surface area contributed by atoms with E-state index in [1.807, 2.05) is 26.8 Å². The minimum atomic E-state index is 0.0781. The SMILES string of the molecule is Cc1nnc(CC(=O)NC2CCC(CCN3CCc4ccc(OC(C)C)nc4CC3)CC2)s1. The molecule has 33 heavy (non-hydrogen) atoms. The standard InChI is InChI=1S/C25H37N5O2S/c1-17(2)32-24-9-6-20-11-14-30(15-12-22(20)27-24)13-10-19-4-7-21(8-5-19)26-23(31)16-25-29-28-18(3)33-25/h6,9,17,19,21H,4-5,7-8,10-16H2,1-3H3,(H,26,31). The van der Waals surface area contributed by atoms with Gasteiger partial charge in [0.05, 0.1) is 12.5 Å². The van der Waals surface area contributed by atoms with Gasteiger partial charge in [0.1, 0.15) is 10.0 Å². The van der Waals surface area contributed by atoms with E-state index in [-0.39, 0.29) is 12.0 Å². The average molecular weight is 472 g/mol. The van der Waals surface area contributed by atoms with Gasteiger partial charge in [-0.05, 0) is 77.3 Å². The van der Waals surface area contributed by atoms with Crippen molar-refractivity contribution in [2.24, 2.45) is 5.92 Å². The molecule has 0 radical (unpaired) electrons. The topological polar surface area (TPSA) is 80.2 Å². The Balaban J connectivity index is 1.16. The molecule has 1 aliphatic carbocycles. The van der Waals surface area contributed by atoms with Gasteiger partial charge in [0.25, 0.3) is 0 Å². The Bertz CT molecular complexity index is 923. The first-order valence-electron chi connectivity index (χ1n) is 12.4. The number of fused-ring (bicyclic) bond motifs is 1. The first kappa shape index (κ1) is 24.1. The van der Waals surface area contributed by atoms with Gasteiger partial charge in [0.2, 0.25) is 11.8 Å². The van der Waals surface area contributed by atoms with Crippen LogP contribution in [0.1, 0.15) is 67.2 Å². The Labute approximate surface area is 201 Å². The maximum Gasteiger partial charge on any atom is 0.227 e. The van der Waals surface area contributed by atoms with Gasteiger partial charge in [-0.2, -0.15) is 0 Å². The lowest BCUT2D eigenvalue weighted by molar-refractivity contribution is -0.121. The molecule has 2 aromatic rings. The second-order valence-corrected chi connectivity index (χ2v) is 11.0. The van der Waals surface area contributed by atoms with Crippen LogP contribution in [0.5, 0.6) is 5.88 Å². The van der Waals surface area contributed by atoms with Gasteiger partial charge in [0.15, 0.2) is 0 Å². The van der Waals surface area contributed by atoms with Crippen LogP contribution >= 0.6 is 11.3 Å². The number of amides is 1. The van der Waals surface area contributed by atoms with E-state index in [9.17, 15) is 4.79 Å². The van der Waals surface area contributed by atoms with Crippen LogP contribution in [-0.2, 0) is 24.1 Å². The molecule has 1 saturated carbocycles. The van der Waals surface area contributed by atoms with Crippen LogP contribution < -0.4 is 10.1 Å². The van der Waals surface area contributed by atoms with Gasteiger partial charge in [-0.15, -0.1) is 21.5 Å². The second kappa shape index (κ2) is 11.4. The fraction of sp³-hybridized carbons (Fsp3) is 0.680. The smallest absolute Gasteiger partial charge is 0.227 e. The van der Waals surface area contributed by atoms with Gasteiger partial charge >= 0.3 is 0 Å². The highest BCUT2D eigenvalue weighted by atomic mass is 32.1. The van der Waals surface area contributed by atoms with E-state index in [0.29, 0.717) is 12.5 Å². The number of pyridine rings is 1. The van der Waals surface area contributed by atoms with E-state index in [1.165, 1.54) is 41.9 Å². The van der Waals surface area contributed by atoms with E-state index in [0.717, 1.165) is 67.1 Å². The molecule has 2 aliphatic rings. The zero-order chi connectivity index (χ0) is 23.2. The molecular formula is C25H37N5O2S. The monoisotopic (exact) mass is 471 g/mol. The molecule has 0 atom stereocenters. The third-order valence-corrected chi connectivity index (χ3v) is 7.55. The molecule has 0 saturated heterocycles. The normalized spacial score (nSPS) is 21.5. The summed E-state index contributed by atoms with van der Waals surface area (Å²) in [5.41, 5.74) is 2.57. The number of nitrogens with one attached hydrogen (secondary N) is 1. The third-order valence-electron chi connectivity index (χ3n) is 6.71. The van der Waals surface area contributed by atoms with Gasteiger partial charge in [-0.1, -0.05) is 6.07 Å². The number of hydrogen-bond acceptors (Lipinski definition) is 7. The summed E-state index contributed by atoms with van der Waals surface area (Å²) >= 11 is 1.50. The van der Waals surface area contributed by atoms with Crippen LogP contribution in [0.3, 0.4) is 0 Å². The van der Waals surface area contributed by atoms with E-state index >= 15 is 0 Å². The maximum absolute atomic E-state index is 12.3. The van der Waals surface area contributed by atoms with Crippen LogP contribution in [0.25, 0.3) is 0 Å². The molecule has 4 rings (SSSR count). The lowest BCUT2D eigenvalue weighted by Gasteiger charge is -2.30. The number of aromatic nitrogens is 3. The number of ether oxygens (including phenoxy) is 1. The van der Waals surface area contributed by atoms with Crippen molar-refractivity contribution in [1.82, 2.24) is 25.4 Å². The first-order chi connectivity index (χ1) is 15.9. The molecule has 180 valence electrons. The zero-order valence-electron chi connectivity index (χ0n) is 20.2. The first-order valence-corrected chi connectivity index (χ1v) is 13.2. The molecule has 3 heterocycles. The van der Waals surface area contributed by atoms with Crippen molar-refractivity contribution in [1.29, 1.82) is 0 Å². The summed E-state index contributed by atoms with van der Waals surface area (Å²) in [6, 6.07) is 4.52. The molecule has 0 unspecified atom stereocenters. The number of rotatable bonds is 8. The number of nitrogens with zero attached hydrogens (tertiary/aromatic N) is 4. The number of carbonyl (C=O) groups excluding carboxylic acids is 1. The molecule has 1 fully saturated rings. The summed E-state index contributed by atoms with van der Waals surface area (Å²) in [7, 11) is 0. The van der Waals surface area contributed by atoms with Crippen molar-refractivity contribution >= 4 is 17.2 Å². The van der Waals surface area contributed by atoms with Gasteiger partial charge in [-0.3, -0.25) is 4.79 Å². The molecule has 1 aliphatic heterocycles. The van der Waals surface area contributed by atoms with Gasteiger partial charge in [0, 0.05) is 37.3 Å². The molecule has 8 heteroatoms. The predicted octanol–water partition coefficient (Wildman–Crippen LogP) is 3.74. The van der Waals surface area contributed by atoms with Crippen LogP contribution in [0.2, 0.25) is 0 Å². The minimum Gasteiger partial charge on any atom is -0.475 e. The molecule has 0 spiro atoms. The maximum atomic E-state index is 12.3. The summed E-state index contributed by atoms with van der Waals surface area (Å²) in [4.78, 5) is 19.7. The van der Waals surface area contributed by atoms with E-state index in [4.69, 9.17) is 9.72 Å². The highest BCUT2D eigenvalue weighted by Crippen LogP contribution is 2.28. The predicted molar refractivity (Wildman–Crippen MR) is 131 cm³/mol. The van der Waals surface area contributed by atoms with Crippen LogP contribution in [-0.4, -0.2) is 57.8 Å². The number of aryl methyl sites for hydroxylation is 1. The molecule has 0 aromatic carbocycles. The Hall–Kier alpha value is -2.06. The van der Waals surface area contributed by atoms with Crippen molar-refractivity contribution in [2.75, 3.05) is 19.6 Å². The fourth-order valence-electron chi connectivity index (χ4n) is 4.92. The Morgan fingerprint density at radius 2 is 1.97 bits per heavy atom. The lowest BCUT2D eigenvalue weighted by Crippen LogP contribution is -2.39. The van der Waals surface area contributed by atoms with Crippen molar-refractivity contribution in [2.45, 2.75) is 84.3 Å². The summed E-state index contributed by atoms with van der Waals surface area (Å²) in [5.74, 6) is 1.59. The summed E-state index contributed by atoms with van der Waals surface area (Å²) in [6.07, 6.45) is 8.39. The molecular weight excluding hydrogens is 434 g/mol. The van der Waals surface area contributed by atoms with Gasteiger partial charge < -0.3 is 15.0 Å². The summed E-state index contributed by atoms with van der Waals surface area (Å²) < 4.78 is 5.78. The quantitative estimate of drug-likeness (QED) is 0.632. The van der Waals surface area contributed by atoms with Crippen molar-refractivity contribution < 1.29 is 9.53 Å². The summed E-state index contributed by atoms with van der Waals surface area (Å²) in [5, 5.41) is 13.0. The number of carbonyl (C=O) groups is 1. The summed E-state index contributed by atoms with van der Waals surface area (Å²) in [6.45, 7) is 9.33. The highest BCUT2D eigenvalue weighted by molar-refractivity contribution is 7.11. The Kier molecular flexibility index (Phi) is 8.30. The highest BCUT2D eigenvalue weighted by Gasteiger charge is 2.24. The van der Waals surface area contributed by atoms with Crippen LogP contribution in [0, 0.1) is 12.8 Å². The molecule has 7 nitrogen and oxygen atoms in total. The average Bonchev–Trinajstić information content (AvgIpc) is 3.07. The zero-order valence-corrected chi connectivity index (χ0v) is 21.0. The largest absolute Gasteiger partial charge is 0.475 e. The van der Waals surface area contributed by atoms with Crippen molar-refractivity contribution in [3.05, 3.63) is 33.4 Å². The van der Waals surface area contributed by atoms with Crippen molar-refractivity contribution in [3.8, 4) is 5.88 Å². The number of hydrogen-bond donors (Lipinski definition) is 1. The third kappa shape index (κ3) is 7.21. The molecule has 1 amide bonds. The second-order valence-electron chi connectivity index (χ2n) is 9.73. The van der Waals surface area contributed by atoms with Crippen molar-refractivity contribution in [3.63, 3.8) is 0 Å². The lowest BCUT2D eigenvalue weighted by atomic mass is 9.84. The van der Waals surface area contributed by atoms with Gasteiger partial charge in [-0.25, -0.2) is 4.98 Å².